The highest BCUT2D eigenvalue weighted by Crippen LogP contribution is 2.27. The summed E-state index contributed by atoms with van der Waals surface area (Å²) in [6, 6.07) is 4.93. The zero-order valence-corrected chi connectivity index (χ0v) is 20.9. The normalized spacial score (nSPS) is 21.2. The minimum Gasteiger partial charge on any atom is -0.379 e. The predicted molar refractivity (Wildman–Crippen MR) is 131 cm³/mol. The molecule has 3 aliphatic rings. The molecule has 0 aromatic heterocycles. The molecule has 3 heterocycles. The van der Waals surface area contributed by atoms with Crippen molar-refractivity contribution in [2.45, 2.75) is 37.0 Å². The van der Waals surface area contributed by atoms with E-state index in [4.69, 9.17) is 9.47 Å². The number of nitrogens with zero attached hydrogens (tertiary/aromatic N) is 3. The Morgan fingerprint density at radius 1 is 0.882 bits per heavy atom. The number of nitrogens with one attached hydrogen (secondary N) is 1. The Morgan fingerprint density at radius 2 is 1.53 bits per heavy atom. The molecule has 3 aliphatic heterocycles. The molecule has 34 heavy (non-hydrogen) atoms. The molecule has 4 rings (SSSR count). The summed E-state index contributed by atoms with van der Waals surface area (Å²) in [4.78, 5) is 18.0. The molecule has 10 heteroatoms. The second-order valence-electron chi connectivity index (χ2n) is 9.16. The Bertz CT molecular complexity index is 906. The lowest BCUT2D eigenvalue weighted by Crippen LogP contribution is -2.41. The lowest BCUT2D eigenvalue weighted by Gasteiger charge is -2.31. The third-order valence-corrected chi connectivity index (χ3v) is 8.70. The first-order chi connectivity index (χ1) is 16.6. The number of ether oxygens (including phenoxy) is 2. The second kappa shape index (κ2) is 12.3. The summed E-state index contributed by atoms with van der Waals surface area (Å²) in [5.41, 5.74) is 1.17. The van der Waals surface area contributed by atoms with Crippen LogP contribution in [-0.4, -0.2) is 102 Å². The van der Waals surface area contributed by atoms with Crippen molar-refractivity contribution in [3.05, 3.63) is 23.8 Å². The Kier molecular flexibility index (Phi) is 9.18. The number of hydrogen-bond acceptors (Lipinski definition) is 7. The molecule has 1 aromatic rings. The van der Waals surface area contributed by atoms with Gasteiger partial charge in [-0.15, -0.1) is 0 Å². The van der Waals surface area contributed by atoms with E-state index in [1.54, 1.807) is 18.2 Å². The quantitative estimate of drug-likeness (QED) is 0.548. The fourth-order valence-electron chi connectivity index (χ4n) is 4.83. The molecule has 0 atom stereocenters. The molecule has 1 amide bonds. The van der Waals surface area contributed by atoms with Gasteiger partial charge >= 0.3 is 0 Å². The van der Waals surface area contributed by atoms with Crippen molar-refractivity contribution < 1.29 is 22.7 Å². The topological polar surface area (TPSA) is 91.4 Å². The molecular formula is C24H38N4O5S. The Labute approximate surface area is 203 Å². The number of carbonyl (C=O) groups is 1. The van der Waals surface area contributed by atoms with E-state index in [2.05, 4.69) is 15.1 Å². The van der Waals surface area contributed by atoms with Crippen LogP contribution in [0.4, 0.5) is 5.69 Å². The van der Waals surface area contributed by atoms with Crippen LogP contribution in [0.5, 0.6) is 0 Å². The molecule has 0 bridgehead atoms. The fourth-order valence-corrected chi connectivity index (χ4v) is 6.27. The fraction of sp³-hybridized carbons (Fsp3) is 0.708. The monoisotopic (exact) mass is 494 g/mol. The maximum atomic E-state index is 13.3. The van der Waals surface area contributed by atoms with Crippen LogP contribution in [-0.2, 0) is 19.5 Å². The van der Waals surface area contributed by atoms with E-state index in [9.17, 15) is 13.2 Å². The summed E-state index contributed by atoms with van der Waals surface area (Å²) in [6.45, 7) is 7.75. The minimum atomic E-state index is -3.69. The summed E-state index contributed by atoms with van der Waals surface area (Å²) >= 11 is 0. The summed E-state index contributed by atoms with van der Waals surface area (Å²) in [6.07, 6.45) is 5.99. The Morgan fingerprint density at radius 3 is 2.21 bits per heavy atom. The largest absolute Gasteiger partial charge is 0.379 e. The molecule has 1 aromatic carbocycles. The van der Waals surface area contributed by atoms with Crippen LogP contribution in [0.25, 0.3) is 0 Å². The highest BCUT2D eigenvalue weighted by molar-refractivity contribution is 7.89. The first-order valence-corrected chi connectivity index (χ1v) is 14.0. The van der Waals surface area contributed by atoms with Crippen molar-refractivity contribution in [2.24, 2.45) is 0 Å². The third-order valence-electron chi connectivity index (χ3n) is 6.81. The maximum absolute atomic E-state index is 13.3. The van der Waals surface area contributed by atoms with Crippen molar-refractivity contribution in [1.82, 2.24) is 14.5 Å². The van der Waals surface area contributed by atoms with Crippen LogP contribution >= 0.6 is 0 Å². The van der Waals surface area contributed by atoms with Gasteiger partial charge in [-0.1, -0.05) is 12.8 Å². The predicted octanol–water partition coefficient (Wildman–Crippen LogP) is 1.54. The Balaban J connectivity index is 1.46. The van der Waals surface area contributed by atoms with Gasteiger partial charge in [0.25, 0.3) is 5.91 Å². The van der Waals surface area contributed by atoms with E-state index in [0.717, 1.165) is 31.7 Å². The number of benzene rings is 1. The van der Waals surface area contributed by atoms with Gasteiger partial charge in [-0.2, -0.15) is 4.31 Å². The smallest absolute Gasteiger partial charge is 0.253 e. The SMILES string of the molecule is O=C(NCCCN1CCCCCC1)c1cc(S(=O)(=O)N2CCOCC2)ccc1N1CCOCC1. The summed E-state index contributed by atoms with van der Waals surface area (Å²) in [5.74, 6) is -0.226. The van der Waals surface area contributed by atoms with Crippen molar-refractivity contribution in [2.75, 3.05) is 83.7 Å². The van der Waals surface area contributed by atoms with E-state index in [-0.39, 0.29) is 10.8 Å². The number of sulfonamides is 1. The molecule has 190 valence electrons. The van der Waals surface area contributed by atoms with Crippen molar-refractivity contribution in [1.29, 1.82) is 0 Å². The summed E-state index contributed by atoms with van der Waals surface area (Å²) in [7, 11) is -3.69. The number of rotatable bonds is 8. The van der Waals surface area contributed by atoms with Gasteiger partial charge in [-0.25, -0.2) is 8.42 Å². The molecule has 9 nitrogen and oxygen atoms in total. The van der Waals surface area contributed by atoms with Gasteiger partial charge in [-0.3, -0.25) is 4.79 Å². The molecule has 0 spiro atoms. The zero-order valence-electron chi connectivity index (χ0n) is 20.0. The van der Waals surface area contributed by atoms with Gasteiger partial charge in [0.1, 0.15) is 0 Å². The molecule has 0 aliphatic carbocycles. The van der Waals surface area contributed by atoms with Gasteiger partial charge < -0.3 is 24.6 Å². The minimum absolute atomic E-state index is 0.154. The molecule has 0 unspecified atom stereocenters. The van der Waals surface area contributed by atoms with E-state index in [1.807, 2.05) is 0 Å². The molecule has 0 radical (unpaired) electrons. The van der Waals surface area contributed by atoms with E-state index in [1.165, 1.54) is 30.0 Å². The number of likely N-dealkylation sites (tertiary alicyclic amines) is 1. The first kappa shape index (κ1) is 25.4. The number of hydrogen-bond donors (Lipinski definition) is 1. The number of amides is 1. The van der Waals surface area contributed by atoms with E-state index in [0.29, 0.717) is 64.7 Å². The van der Waals surface area contributed by atoms with E-state index >= 15 is 0 Å². The van der Waals surface area contributed by atoms with Crippen molar-refractivity contribution in [3.8, 4) is 0 Å². The molecule has 3 saturated heterocycles. The first-order valence-electron chi connectivity index (χ1n) is 12.6. The zero-order chi connectivity index (χ0) is 23.8. The molecule has 0 saturated carbocycles. The molecular weight excluding hydrogens is 456 g/mol. The van der Waals surface area contributed by atoms with Gasteiger partial charge in [0, 0.05) is 38.4 Å². The van der Waals surface area contributed by atoms with Gasteiger partial charge in [-0.05, 0) is 57.1 Å². The Hall–Kier alpha value is -1.72. The maximum Gasteiger partial charge on any atom is 0.253 e. The summed E-state index contributed by atoms with van der Waals surface area (Å²) < 4.78 is 38.6. The number of carbonyl (C=O) groups excluding carboxylic acids is 1. The standard InChI is InChI=1S/C24H38N4O5S/c29-24(25-8-5-11-26-9-3-1-2-4-10-26)22-20-21(34(30,31)28-14-18-33-19-15-28)6-7-23(22)27-12-16-32-17-13-27/h6-7,20H,1-5,8-19H2,(H,25,29). The van der Waals surface area contributed by atoms with Crippen molar-refractivity contribution >= 4 is 21.6 Å². The highest BCUT2D eigenvalue weighted by atomic mass is 32.2. The van der Waals surface area contributed by atoms with Crippen LogP contribution in [0.15, 0.2) is 23.1 Å². The number of morpholine rings is 2. The van der Waals surface area contributed by atoms with E-state index < -0.39 is 10.0 Å². The molecule has 1 N–H and O–H groups in total. The highest BCUT2D eigenvalue weighted by Gasteiger charge is 2.29. The van der Waals surface area contributed by atoms with Crippen molar-refractivity contribution in [3.63, 3.8) is 0 Å². The third kappa shape index (κ3) is 6.48. The average Bonchev–Trinajstić information content (AvgIpc) is 3.16. The van der Waals surface area contributed by atoms with Gasteiger partial charge in [0.05, 0.1) is 36.9 Å². The lowest BCUT2D eigenvalue weighted by molar-refractivity contribution is 0.0730. The summed E-state index contributed by atoms with van der Waals surface area (Å²) in [5, 5.41) is 3.04. The lowest BCUT2D eigenvalue weighted by atomic mass is 10.1. The average molecular weight is 495 g/mol. The number of anilines is 1. The molecule has 3 fully saturated rings. The van der Waals surface area contributed by atoms with Crippen LogP contribution in [0.2, 0.25) is 0 Å². The van der Waals surface area contributed by atoms with Gasteiger partial charge in [0.15, 0.2) is 0 Å². The van der Waals surface area contributed by atoms with Crippen LogP contribution < -0.4 is 10.2 Å². The second-order valence-corrected chi connectivity index (χ2v) is 11.1. The van der Waals surface area contributed by atoms with Crippen LogP contribution in [0, 0.1) is 0 Å². The van der Waals surface area contributed by atoms with Crippen LogP contribution in [0.3, 0.4) is 0 Å². The van der Waals surface area contributed by atoms with Crippen LogP contribution in [0.1, 0.15) is 42.5 Å². The van der Waals surface area contributed by atoms with Gasteiger partial charge in [0.2, 0.25) is 10.0 Å².